The highest BCUT2D eigenvalue weighted by molar-refractivity contribution is 7.10. The minimum absolute atomic E-state index is 0.0467. The molecule has 0 unspecified atom stereocenters. The van der Waals surface area contributed by atoms with Crippen LogP contribution in [0.3, 0.4) is 0 Å². The summed E-state index contributed by atoms with van der Waals surface area (Å²) in [6, 6.07) is 7.85. The van der Waals surface area contributed by atoms with Crippen LogP contribution in [0.4, 0.5) is 4.39 Å². The number of hydrogen-bond acceptors (Lipinski definition) is 4. The van der Waals surface area contributed by atoms with Gasteiger partial charge in [-0.05, 0) is 24.3 Å². The van der Waals surface area contributed by atoms with Gasteiger partial charge in [0.05, 0.1) is 18.2 Å². The molecule has 0 atom stereocenters. The molecule has 1 heterocycles. The van der Waals surface area contributed by atoms with Gasteiger partial charge in [-0.25, -0.2) is 4.39 Å². The van der Waals surface area contributed by atoms with E-state index in [2.05, 4.69) is 11.8 Å². The molecule has 0 saturated heterocycles. The number of benzene rings is 1. The van der Waals surface area contributed by atoms with E-state index in [1.165, 1.54) is 23.5 Å². The van der Waals surface area contributed by atoms with Crippen molar-refractivity contribution >= 4 is 11.3 Å². The Morgan fingerprint density at radius 3 is 2.86 bits per heavy atom. The monoisotopic (exact) mass is 301 g/mol. The van der Waals surface area contributed by atoms with Gasteiger partial charge in [0.15, 0.2) is 11.6 Å². The molecule has 0 bridgehead atoms. The number of thiophene rings is 1. The van der Waals surface area contributed by atoms with E-state index in [0.717, 1.165) is 16.5 Å². The second-order valence-corrected chi connectivity index (χ2v) is 5.12. The fraction of sp³-hybridized carbons (Fsp3) is 0.188. The number of rotatable bonds is 4. The molecule has 0 radical (unpaired) electrons. The highest BCUT2D eigenvalue weighted by Crippen LogP contribution is 2.21. The van der Waals surface area contributed by atoms with Crippen LogP contribution in [-0.2, 0) is 6.61 Å². The maximum Gasteiger partial charge on any atom is 0.166 e. The van der Waals surface area contributed by atoms with Crippen LogP contribution in [0.15, 0.2) is 29.6 Å². The van der Waals surface area contributed by atoms with E-state index >= 15 is 0 Å². The maximum atomic E-state index is 13.6. The summed E-state index contributed by atoms with van der Waals surface area (Å²) in [6.45, 7) is 0.292. The van der Waals surface area contributed by atoms with E-state index < -0.39 is 5.82 Å². The first-order chi connectivity index (χ1) is 10.2. The Balaban J connectivity index is 1.98. The molecule has 106 valence electrons. The fourth-order valence-electron chi connectivity index (χ4n) is 1.58. The molecule has 1 aromatic carbocycles. The third kappa shape index (κ3) is 4.32. The molecule has 2 rings (SSSR count). The molecule has 0 aliphatic carbocycles. The summed E-state index contributed by atoms with van der Waals surface area (Å²) in [7, 11) is 0. The number of nitrogens with zero attached hydrogens (tertiary/aromatic N) is 1. The zero-order valence-electron chi connectivity index (χ0n) is 11.1. The van der Waals surface area contributed by atoms with Gasteiger partial charge < -0.3 is 9.84 Å². The van der Waals surface area contributed by atoms with Crippen molar-refractivity contribution in [2.75, 3.05) is 6.61 Å². The molecule has 0 fully saturated rings. The Morgan fingerprint density at radius 1 is 1.29 bits per heavy atom. The molecule has 0 aliphatic rings. The molecule has 0 amide bonds. The van der Waals surface area contributed by atoms with Crippen molar-refractivity contribution < 1.29 is 14.2 Å². The summed E-state index contributed by atoms with van der Waals surface area (Å²) in [5.74, 6) is 5.33. The van der Waals surface area contributed by atoms with Gasteiger partial charge in [-0.15, -0.1) is 11.3 Å². The Labute approximate surface area is 126 Å². The number of nitriles is 1. The van der Waals surface area contributed by atoms with Crippen molar-refractivity contribution in [3.63, 3.8) is 0 Å². The summed E-state index contributed by atoms with van der Waals surface area (Å²) in [6.07, 6.45) is 0.443. The minimum Gasteiger partial charge on any atom is -0.485 e. The van der Waals surface area contributed by atoms with E-state index in [9.17, 15) is 4.39 Å². The Hall–Kier alpha value is -2.34. The molecule has 0 spiro atoms. The van der Waals surface area contributed by atoms with Gasteiger partial charge in [-0.2, -0.15) is 5.26 Å². The van der Waals surface area contributed by atoms with Crippen LogP contribution >= 0.6 is 11.3 Å². The molecule has 3 nitrogen and oxygen atoms in total. The second-order valence-electron chi connectivity index (χ2n) is 4.12. The lowest BCUT2D eigenvalue weighted by Crippen LogP contribution is -1.95. The molecule has 21 heavy (non-hydrogen) atoms. The largest absolute Gasteiger partial charge is 0.485 e. The summed E-state index contributed by atoms with van der Waals surface area (Å²) >= 11 is 1.48. The molecule has 1 aromatic heterocycles. The summed E-state index contributed by atoms with van der Waals surface area (Å²) in [5, 5.41) is 19.2. The van der Waals surface area contributed by atoms with Gasteiger partial charge in [-0.3, -0.25) is 0 Å². The van der Waals surface area contributed by atoms with Gasteiger partial charge in [0, 0.05) is 22.2 Å². The van der Waals surface area contributed by atoms with Crippen LogP contribution in [0.2, 0.25) is 0 Å². The molecule has 1 N–H and O–H groups in total. The average molecular weight is 301 g/mol. The minimum atomic E-state index is -0.548. The van der Waals surface area contributed by atoms with Gasteiger partial charge in [-0.1, -0.05) is 11.8 Å². The molecule has 0 saturated carbocycles. The van der Waals surface area contributed by atoms with Crippen LogP contribution in [0, 0.1) is 29.0 Å². The molecule has 5 heteroatoms. The van der Waals surface area contributed by atoms with Crippen LogP contribution in [0.25, 0.3) is 0 Å². The predicted molar refractivity (Wildman–Crippen MR) is 78.3 cm³/mol. The lowest BCUT2D eigenvalue weighted by molar-refractivity contribution is 0.293. The zero-order chi connectivity index (χ0) is 15.1. The smallest absolute Gasteiger partial charge is 0.166 e. The Kier molecular flexibility index (Phi) is 5.34. The standard InChI is InChI=1S/C16H12FNO2S/c17-15-8-12(9-18)4-5-16(15)20-10-14-7-13(11-21-14)3-1-2-6-19/h4-5,7-8,11,19H,2,6,10H2. The maximum absolute atomic E-state index is 13.6. The normalized spacial score (nSPS) is 9.57. The lowest BCUT2D eigenvalue weighted by atomic mass is 10.2. The van der Waals surface area contributed by atoms with Crippen molar-refractivity contribution in [1.29, 1.82) is 5.26 Å². The first-order valence-corrected chi connectivity index (χ1v) is 7.10. The van der Waals surface area contributed by atoms with Crippen LogP contribution in [-0.4, -0.2) is 11.7 Å². The highest BCUT2D eigenvalue weighted by atomic mass is 32.1. The van der Waals surface area contributed by atoms with E-state index in [-0.39, 0.29) is 24.5 Å². The van der Waals surface area contributed by atoms with Gasteiger partial charge in [0.25, 0.3) is 0 Å². The topological polar surface area (TPSA) is 53.2 Å². The third-order valence-corrected chi connectivity index (χ3v) is 3.46. The average Bonchev–Trinajstić information content (AvgIpc) is 2.94. The van der Waals surface area contributed by atoms with Crippen molar-refractivity contribution in [2.45, 2.75) is 13.0 Å². The fourth-order valence-corrected chi connectivity index (χ4v) is 2.31. The summed E-state index contributed by atoms with van der Waals surface area (Å²) in [4.78, 5) is 0.923. The molecule has 0 aliphatic heterocycles. The van der Waals surface area contributed by atoms with E-state index in [4.69, 9.17) is 15.1 Å². The summed E-state index contributed by atoms with van der Waals surface area (Å²) in [5.41, 5.74) is 1.12. The quantitative estimate of drug-likeness (QED) is 0.883. The third-order valence-electron chi connectivity index (χ3n) is 2.55. The molecular weight excluding hydrogens is 289 g/mol. The van der Waals surface area contributed by atoms with Crippen molar-refractivity contribution in [1.82, 2.24) is 0 Å². The molecular formula is C16H12FNO2S. The van der Waals surface area contributed by atoms with Crippen LogP contribution in [0.5, 0.6) is 5.75 Å². The number of ether oxygens (including phenoxy) is 1. The van der Waals surface area contributed by atoms with E-state index in [1.807, 2.05) is 17.5 Å². The van der Waals surface area contributed by atoms with Crippen LogP contribution in [0.1, 0.15) is 22.4 Å². The first-order valence-electron chi connectivity index (χ1n) is 6.22. The Bertz CT molecular complexity index is 722. The number of aliphatic hydroxyl groups excluding tert-OH is 1. The number of aliphatic hydroxyl groups is 1. The predicted octanol–water partition coefficient (Wildman–Crippen LogP) is 3.07. The molecule has 2 aromatic rings. The van der Waals surface area contributed by atoms with E-state index in [1.54, 1.807) is 0 Å². The van der Waals surface area contributed by atoms with Gasteiger partial charge >= 0.3 is 0 Å². The van der Waals surface area contributed by atoms with Gasteiger partial charge in [0.1, 0.15) is 6.61 Å². The number of halogens is 1. The Morgan fingerprint density at radius 2 is 2.14 bits per heavy atom. The summed E-state index contributed by atoms with van der Waals surface area (Å²) < 4.78 is 19.0. The van der Waals surface area contributed by atoms with Crippen molar-refractivity contribution in [2.24, 2.45) is 0 Å². The van der Waals surface area contributed by atoms with Crippen molar-refractivity contribution in [3.05, 3.63) is 51.5 Å². The van der Waals surface area contributed by atoms with Crippen molar-refractivity contribution in [3.8, 4) is 23.7 Å². The lowest BCUT2D eigenvalue weighted by Gasteiger charge is -2.05. The van der Waals surface area contributed by atoms with Crippen LogP contribution < -0.4 is 4.74 Å². The number of hydrogen-bond donors (Lipinski definition) is 1. The highest BCUT2D eigenvalue weighted by Gasteiger charge is 2.06. The second kappa shape index (κ2) is 7.44. The SMILES string of the molecule is N#Cc1ccc(OCc2cc(C#CCCO)cs2)c(F)c1. The first kappa shape index (κ1) is 15.1. The zero-order valence-corrected chi connectivity index (χ0v) is 11.9. The van der Waals surface area contributed by atoms with E-state index in [0.29, 0.717) is 6.42 Å². The van der Waals surface area contributed by atoms with Gasteiger partial charge in [0.2, 0.25) is 0 Å².